The first-order chi connectivity index (χ1) is 12.6. The van der Waals surface area contributed by atoms with Gasteiger partial charge in [-0.25, -0.2) is 4.79 Å². The second-order valence-corrected chi connectivity index (χ2v) is 7.84. The highest BCUT2D eigenvalue weighted by Crippen LogP contribution is 2.57. The predicted molar refractivity (Wildman–Crippen MR) is 103 cm³/mol. The van der Waals surface area contributed by atoms with Crippen LogP contribution >= 0.6 is 0 Å². The van der Waals surface area contributed by atoms with E-state index in [1.54, 1.807) is 6.08 Å². The second-order valence-electron chi connectivity index (χ2n) is 7.84. The maximum absolute atomic E-state index is 11.2. The molecule has 1 aromatic carbocycles. The number of carboxylic acid groups (broad SMARTS) is 1. The Hall–Kier alpha value is -2.33. The zero-order valence-electron chi connectivity index (χ0n) is 15.1. The monoisotopic (exact) mass is 348 g/mol. The van der Waals surface area contributed by atoms with E-state index in [2.05, 4.69) is 46.7 Å². The smallest absolute Gasteiger partial charge is 0.328 e. The minimum absolute atomic E-state index is 0.107. The van der Waals surface area contributed by atoms with Crippen LogP contribution in [0.15, 0.2) is 42.5 Å². The zero-order valence-corrected chi connectivity index (χ0v) is 15.1. The van der Waals surface area contributed by atoms with Crippen LogP contribution in [0.25, 0.3) is 16.6 Å². The van der Waals surface area contributed by atoms with Crippen LogP contribution in [0.1, 0.15) is 43.5 Å². The van der Waals surface area contributed by atoms with E-state index in [1.807, 2.05) is 0 Å². The van der Waals surface area contributed by atoms with Gasteiger partial charge in [-0.1, -0.05) is 31.2 Å². The molecular weight excluding hydrogens is 324 g/mol. The summed E-state index contributed by atoms with van der Waals surface area (Å²) in [6, 6.07) is 9.00. The lowest BCUT2D eigenvalue weighted by Crippen LogP contribution is -2.50. The number of fused-ring (bicyclic) bond motifs is 3. The van der Waals surface area contributed by atoms with Gasteiger partial charge in [0, 0.05) is 34.8 Å². The number of carbonyl (C=O) groups is 1. The number of hydrogen-bond donors (Lipinski definition) is 1. The lowest BCUT2D eigenvalue weighted by Gasteiger charge is -2.53. The van der Waals surface area contributed by atoms with Crippen LogP contribution in [0.5, 0.6) is 0 Å². The highest BCUT2D eigenvalue weighted by Gasteiger charge is 2.49. The number of aliphatic carboxylic acids is 1. The lowest BCUT2D eigenvalue weighted by atomic mass is 9.66. The summed E-state index contributed by atoms with van der Waals surface area (Å²) in [6.45, 7) is 4.58. The van der Waals surface area contributed by atoms with Gasteiger partial charge in [-0.3, -0.25) is 4.90 Å². The molecular formula is C22H24N2O2. The van der Waals surface area contributed by atoms with Gasteiger partial charge in [0.2, 0.25) is 0 Å². The van der Waals surface area contributed by atoms with Crippen LogP contribution in [-0.2, 0) is 11.2 Å². The van der Waals surface area contributed by atoms with E-state index in [0.29, 0.717) is 6.04 Å². The van der Waals surface area contributed by atoms with Crippen LogP contribution in [0.3, 0.4) is 0 Å². The standard InChI is InChI=1S/C22H24N2O2/c1-2-22-11-5-12-23-13-10-17-16-6-3-4-7-18(16)24(20(17)21(22)23)15(14-22)8-9-19(25)26/h3-4,6-9,14,21H,2,5,10-13H2,1H3,(H,25,26)/b9-8+/t21-,22+/m1/s1. The molecule has 1 saturated heterocycles. The molecule has 0 spiro atoms. The molecule has 3 aliphatic heterocycles. The number of nitrogens with zero attached hydrogens (tertiary/aromatic N) is 2. The van der Waals surface area contributed by atoms with E-state index in [4.69, 9.17) is 0 Å². The van der Waals surface area contributed by atoms with Gasteiger partial charge in [0.05, 0.1) is 11.6 Å². The molecule has 0 aliphatic carbocycles. The number of aromatic nitrogens is 1. The van der Waals surface area contributed by atoms with Crippen molar-refractivity contribution >= 4 is 22.6 Å². The molecule has 1 N–H and O–H groups in total. The maximum atomic E-state index is 11.2. The SMILES string of the molecule is CC[C@@]12C=C(/C=C/C(=O)O)n3c4c(c5ccccc53)CCN(CCC1)[C@H]42. The maximum Gasteiger partial charge on any atom is 0.328 e. The van der Waals surface area contributed by atoms with Crippen LogP contribution in [-0.4, -0.2) is 33.6 Å². The molecule has 134 valence electrons. The molecule has 1 fully saturated rings. The van der Waals surface area contributed by atoms with E-state index < -0.39 is 5.97 Å². The zero-order chi connectivity index (χ0) is 17.9. The summed E-state index contributed by atoms with van der Waals surface area (Å²) in [4.78, 5) is 13.9. The van der Waals surface area contributed by atoms with Gasteiger partial charge >= 0.3 is 5.97 Å². The molecule has 5 rings (SSSR count). The topological polar surface area (TPSA) is 45.5 Å². The van der Waals surface area contributed by atoms with Crippen LogP contribution in [0.4, 0.5) is 0 Å². The van der Waals surface area contributed by atoms with Crippen molar-refractivity contribution in [1.82, 2.24) is 9.47 Å². The van der Waals surface area contributed by atoms with Gasteiger partial charge in [-0.2, -0.15) is 0 Å². The third-order valence-electron chi connectivity index (χ3n) is 6.67. The van der Waals surface area contributed by atoms with E-state index in [-0.39, 0.29) is 5.41 Å². The van der Waals surface area contributed by atoms with E-state index in [0.717, 1.165) is 25.1 Å². The van der Waals surface area contributed by atoms with Crippen molar-refractivity contribution in [3.8, 4) is 0 Å². The molecule has 2 aromatic rings. The molecule has 1 aromatic heterocycles. The lowest BCUT2D eigenvalue weighted by molar-refractivity contribution is -0.131. The quantitative estimate of drug-likeness (QED) is 0.845. The third kappa shape index (κ3) is 2.02. The van der Waals surface area contributed by atoms with Gasteiger partial charge in [-0.05, 0) is 49.9 Å². The van der Waals surface area contributed by atoms with Crippen molar-refractivity contribution in [3.05, 3.63) is 53.8 Å². The summed E-state index contributed by atoms with van der Waals surface area (Å²) < 4.78 is 2.33. The Bertz CT molecular complexity index is 968. The summed E-state index contributed by atoms with van der Waals surface area (Å²) >= 11 is 0. The van der Waals surface area contributed by atoms with Crippen LogP contribution in [0, 0.1) is 5.41 Å². The molecule has 2 atom stereocenters. The van der Waals surface area contributed by atoms with Gasteiger partial charge < -0.3 is 9.67 Å². The molecule has 4 heteroatoms. The van der Waals surface area contributed by atoms with E-state index in [1.165, 1.54) is 47.6 Å². The summed E-state index contributed by atoms with van der Waals surface area (Å²) in [5, 5.41) is 10.5. The Morgan fingerprint density at radius 2 is 2.19 bits per heavy atom. The number of allylic oxidation sites excluding steroid dienone is 2. The molecule has 4 nitrogen and oxygen atoms in total. The summed E-state index contributed by atoms with van der Waals surface area (Å²) in [7, 11) is 0. The minimum Gasteiger partial charge on any atom is -0.478 e. The molecule has 0 unspecified atom stereocenters. The van der Waals surface area contributed by atoms with Crippen molar-refractivity contribution in [2.24, 2.45) is 5.41 Å². The minimum atomic E-state index is -0.894. The fourth-order valence-corrected chi connectivity index (χ4v) is 5.60. The molecule has 3 aliphatic rings. The number of para-hydroxylation sites is 1. The molecule has 0 radical (unpaired) electrons. The largest absolute Gasteiger partial charge is 0.478 e. The Morgan fingerprint density at radius 1 is 1.35 bits per heavy atom. The van der Waals surface area contributed by atoms with Gasteiger partial charge in [-0.15, -0.1) is 0 Å². The van der Waals surface area contributed by atoms with Gasteiger partial charge in [0.1, 0.15) is 0 Å². The second kappa shape index (κ2) is 5.58. The Labute approximate surface area is 153 Å². The van der Waals surface area contributed by atoms with Crippen molar-refractivity contribution in [1.29, 1.82) is 0 Å². The molecule has 4 heterocycles. The first kappa shape index (κ1) is 15.9. The molecule has 0 amide bonds. The van der Waals surface area contributed by atoms with Crippen molar-refractivity contribution in [2.45, 2.75) is 38.6 Å². The summed E-state index contributed by atoms with van der Waals surface area (Å²) in [5.41, 5.74) is 5.21. The summed E-state index contributed by atoms with van der Waals surface area (Å²) in [5.74, 6) is -0.894. The highest BCUT2D eigenvalue weighted by molar-refractivity contribution is 5.92. The Morgan fingerprint density at radius 3 is 3.00 bits per heavy atom. The molecule has 0 saturated carbocycles. The number of benzene rings is 1. The van der Waals surface area contributed by atoms with Crippen molar-refractivity contribution < 1.29 is 9.90 Å². The van der Waals surface area contributed by atoms with Crippen LogP contribution in [0.2, 0.25) is 0 Å². The highest BCUT2D eigenvalue weighted by atomic mass is 16.4. The normalized spacial score (nSPS) is 27.6. The van der Waals surface area contributed by atoms with E-state index in [9.17, 15) is 9.90 Å². The fourth-order valence-electron chi connectivity index (χ4n) is 5.60. The Kier molecular flexibility index (Phi) is 3.41. The number of carboxylic acids is 1. The first-order valence-electron chi connectivity index (χ1n) is 9.65. The molecule has 0 bridgehead atoms. The fraction of sp³-hybridized carbons (Fsp3) is 0.409. The first-order valence-corrected chi connectivity index (χ1v) is 9.65. The van der Waals surface area contributed by atoms with Crippen molar-refractivity contribution in [3.63, 3.8) is 0 Å². The number of hydrogen-bond acceptors (Lipinski definition) is 2. The Balaban J connectivity index is 1.85. The van der Waals surface area contributed by atoms with Gasteiger partial charge in [0.25, 0.3) is 0 Å². The summed E-state index contributed by atoms with van der Waals surface area (Å²) in [6.07, 6.45) is 9.99. The average molecular weight is 348 g/mol. The van der Waals surface area contributed by atoms with Gasteiger partial charge in [0.15, 0.2) is 0 Å². The predicted octanol–water partition coefficient (Wildman–Crippen LogP) is 4.23. The molecule has 26 heavy (non-hydrogen) atoms. The van der Waals surface area contributed by atoms with Crippen molar-refractivity contribution in [2.75, 3.05) is 13.1 Å². The number of piperidine rings is 1. The van der Waals surface area contributed by atoms with Crippen LogP contribution < -0.4 is 0 Å². The number of rotatable bonds is 3. The average Bonchev–Trinajstić information content (AvgIpc) is 3.00. The third-order valence-corrected chi connectivity index (χ3v) is 6.67. The van der Waals surface area contributed by atoms with E-state index >= 15 is 0 Å².